The molecule has 4 N–H and O–H groups in total. The van der Waals surface area contributed by atoms with Crippen molar-refractivity contribution < 1.29 is 103 Å². The van der Waals surface area contributed by atoms with Gasteiger partial charge in [-0.25, -0.2) is 9.97 Å². The number of fused-ring (bicyclic) bond motifs is 14. The van der Waals surface area contributed by atoms with Crippen molar-refractivity contribution in [3.05, 3.63) is 135 Å². The van der Waals surface area contributed by atoms with E-state index in [0.29, 0.717) is 68.1 Å². The number of esters is 7. The summed E-state index contributed by atoms with van der Waals surface area (Å²) >= 11 is 0. The number of allylic oxidation sites excluding steroid dienone is 10. The number of H-pyrrole nitrogens is 2. The summed E-state index contributed by atoms with van der Waals surface area (Å²) < 4.78 is 43.8. The standard InChI is InChI=1S/C89H113N9O18.2CN.Co/c1-21-53-47(3)61-40-62-50(6)56(68(93-62)43-67-55(23-28-72(100)101)49(5)64(94-67)42-66-54(22-2)48(4)63(92-66)41-65(53)91-61)24-29-77(106)116-38-37-115-36-35-90-71(99)45-87(12)57(25-30-73(102)109-15)69-44-70-85(9,10)58(26-31-74(103)110-16)80(96-70)51(7)82-86(11,34-33-76(105)112-18)60(39-78(107)113-19)84(97-82)89(14)88(13,46-79(108)114-20)59(27-32-75(104)111-17)81(98-89)52(8)83(87)95-69;2*1-2;/h21-22,40-44,57-60,84H,1-2,23-39,45-46H2,3-20H3,(H5,90,91,92,93,94,95,96,97,98,99,100,101);;;/q;2*-1;+3/p-1/t57-,58-,59-,60+,84?,86-,87+,88+,89+;;;/m1.../s1. The van der Waals surface area contributed by atoms with Gasteiger partial charge in [-0.15, -0.1) is 0 Å². The molecule has 0 aromatic carbocycles. The number of aryl methyl sites for hydroxylation is 2. The van der Waals surface area contributed by atoms with Crippen molar-refractivity contribution in [2.24, 2.45) is 60.3 Å². The third kappa shape index (κ3) is 19.9. The second-order valence-corrected chi connectivity index (χ2v) is 32.6. The van der Waals surface area contributed by atoms with Crippen LogP contribution in [0.5, 0.6) is 0 Å². The van der Waals surface area contributed by atoms with E-state index in [9.17, 15) is 43.5 Å². The molecule has 1 saturated heterocycles. The first-order valence-corrected chi connectivity index (χ1v) is 40.1. The Morgan fingerprint density at radius 2 is 1.06 bits per heavy atom. The molecule has 10 rings (SSSR count). The summed E-state index contributed by atoms with van der Waals surface area (Å²) in [4.78, 5) is 158. The third-order valence-corrected chi connectivity index (χ3v) is 25.8. The van der Waals surface area contributed by atoms with Crippen molar-refractivity contribution in [1.82, 2.24) is 25.3 Å². The molecule has 3 aromatic rings. The van der Waals surface area contributed by atoms with Gasteiger partial charge >= 0.3 is 64.5 Å². The number of hydrogen-bond acceptors (Lipinski definition) is 24. The fourth-order valence-corrected chi connectivity index (χ4v) is 18.7. The number of nitrogens with zero attached hydrogens (tertiary/aromatic N) is 8. The molecule has 0 spiro atoms. The molecule has 10 heterocycles. The molecular weight excluding hydrogens is 1590 g/mol. The number of aromatic nitrogens is 4. The molecule has 29 nitrogen and oxygen atoms in total. The number of ether oxygens (including phenoxy) is 8. The van der Waals surface area contributed by atoms with E-state index in [4.69, 9.17) is 91.8 Å². The first kappa shape index (κ1) is 96.9. The summed E-state index contributed by atoms with van der Waals surface area (Å²) in [6.45, 7) is 41.1. The molecule has 7 aliphatic heterocycles. The minimum absolute atomic E-state index is 0. The molecule has 3 aromatic heterocycles. The molecule has 9 atom stereocenters. The zero-order chi connectivity index (χ0) is 88.8. The number of carboxylic acids is 1. The molecule has 0 aliphatic carbocycles. The Hall–Kier alpha value is -11.2. The van der Waals surface area contributed by atoms with Crippen LogP contribution in [0.3, 0.4) is 0 Å². The first-order chi connectivity index (χ1) is 56.9. The van der Waals surface area contributed by atoms with Crippen LogP contribution >= 0.6 is 0 Å². The maximum atomic E-state index is 15.1. The smallest absolute Gasteiger partial charge is 0.682 e. The number of nitrogens with one attached hydrogen (secondary N) is 3. The van der Waals surface area contributed by atoms with Crippen LogP contribution in [0.1, 0.15) is 211 Å². The maximum Gasteiger partial charge on any atom is 3.00 e. The second-order valence-electron chi connectivity index (χ2n) is 32.6. The summed E-state index contributed by atoms with van der Waals surface area (Å²) in [5, 5.41) is 31.2. The number of methoxy groups -OCH3 is 6. The molecule has 1 unspecified atom stereocenters. The summed E-state index contributed by atoms with van der Waals surface area (Å²) in [6, 6.07) is 6.86. The summed E-state index contributed by atoms with van der Waals surface area (Å²) in [5.41, 5.74) is 10.8. The number of aliphatic imine (C=N–C) groups is 3. The van der Waals surface area contributed by atoms with E-state index < -0.39 is 111 Å². The van der Waals surface area contributed by atoms with Gasteiger partial charge in [-0.2, -0.15) is 5.70 Å². The number of aromatic amines is 2. The molecule has 121 heavy (non-hydrogen) atoms. The van der Waals surface area contributed by atoms with E-state index in [2.05, 4.69) is 28.4 Å². The van der Waals surface area contributed by atoms with Gasteiger partial charge in [-0.3, -0.25) is 58.1 Å². The predicted octanol–water partition coefficient (Wildman–Crippen LogP) is 14.8. The number of carbonyl (C=O) groups is 9. The van der Waals surface area contributed by atoms with Crippen LogP contribution in [0.15, 0.2) is 86.7 Å². The van der Waals surface area contributed by atoms with Crippen LogP contribution in [-0.4, -0.2) is 176 Å². The molecule has 648 valence electrons. The van der Waals surface area contributed by atoms with Crippen molar-refractivity contribution in [2.45, 2.75) is 191 Å². The van der Waals surface area contributed by atoms with Gasteiger partial charge in [0.15, 0.2) is 0 Å². The monoisotopic (exact) mass is 1710 g/mol. The van der Waals surface area contributed by atoms with Crippen molar-refractivity contribution in [2.75, 3.05) is 69.0 Å². The maximum absolute atomic E-state index is 15.1. The molecule has 7 aliphatic rings. The van der Waals surface area contributed by atoms with Gasteiger partial charge in [-0.1, -0.05) is 66.0 Å². The van der Waals surface area contributed by atoms with Crippen LogP contribution in [0.4, 0.5) is 0 Å². The second kappa shape index (κ2) is 40.9. The first-order valence-electron chi connectivity index (χ1n) is 40.1. The van der Waals surface area contributed by atoms with E-state index >= 15 is 4.79 Å². The summed E-state index contributed by atoms with van der Waals surface area (Å²) in [7, 11) is 7.80. The average molecular weight is 1710 g/mol. The quantitative estimate of drug-likeness (QED) is 0.0195. The minimum Gasteiger partial charge on any atom is -0.682 e. The van der Waals surface area contributed by atoms with Gasteiger partial charge < -0.3 is 87.3 Å². The zero-order valence-corrected chi connectivity index (χ0v) is 73.6. The van der Waals surface area contributed by atoms with Crippen LogP contribution < -0.4 is 5.32 Å². The number of rotatable bonds is 32. The van der Waals surface area contributed by atoms with Gasteiger partial charge in [0.2, 0.25) is 5.91 Å². The van der Waals surface area contributed by atoms with Crippen LogP contribution in [-0.2, 0) is 97.8 Å². The minimum atomic E-state index is -1.48. The molecule has 16 bridgehead atoms. The van der Waals surface area contributed by atoms with Crippen LogP contribution in [0.25, 0.3) is 61.8 Å². The fourth-order valence-electron chi connectivity index (χ4n) is 18.7. The normalized spacial score (nSPS) is 24.4. The Labute approximate surface area is 717 Å². The summed E-state index contributed by atoms with van der Waals surface area (Å²) in [5.74, 6) is -7.75. The number of carbonyl (C=O) groups excluding carboxylic acids is 8. The number of carboxylic acid groups (broad SMARTS) is 1. The van der Waals surface area contributed by atoms with Gasteiger partial charge in [-0.05, 0) is 173 Å². The molecule has 1 fully saturated rings. The van der Waals surface area contributed by atoms with E-state index in [0.717, 1.165) is 66.6 Å². The Morgan fingerprint density at radius 3 is 1.60 bits per heavy atom. The van der Waals surface area contributed by atoms with E-state index in [-0.39, 0.29) is 139 Å². The Morgan fingerprint density at radius 1 is 0.554 bits per heavy atom. The molecular formula is C91H112CoN11O18. The fraction of sp³-hybridized carbons (Fsp3) is 0.516. The van der Waals surface area contributed by atoms with E-state index in [1.165, 1.54) is 42.7 Å². The third-order valence-electron chi connectivity index (χ3n) is 25.8. The predicted molar refractivity (Wildman–Crippen MR) is 453 cm³/mol. The molecule has 1 amide bonds. The van der Waals surface area contributed by atoms with Gasteiger partial charge in [0.1, 0.15) is 6.61 Å². The zero-order valence-electron chi connectivity index (χ0n) is 72.6. The number of aliphatic carboxylic acids is 1. The molecule has 0 saturated carbocycles. The van der Waals surface area contributed by atoms with Gasteiger partial charge in [0, 0.05) is 148 Å². The van der Waals surface area contributed by atoms with Crippen molar-refractivity contribution in [1.29, 1.82) is 10.5 Å². The van der Waals surface area contributed by atoms with Gasteiger partial charge in [0.05, 0.1) is 96.3 Å². The van der Waals surface area contributed by atoms with Gasteiger partial charge in [0.25, 0.3) is 0 Å². The number of hydrogen-bond donors (Lipinski definition) is 4. The van der Waals surface area contributed by atoms with E-state index in [1.807, 2.05) is 120 Å². The van der Waals surface area contributed by atoms with Crippen molar-refractivity contribution in [3.8, 4) is 0 Å². The molecule has 30 heteroatoms. The van der Waals surface area contributed by atoms with Crippen molar-refractivity contribution in [3.63, 3.8) is 0 Å². The topological polar surface area (TPSA) is 416 Å². The van der Waals surface area contributed by atoms with E-state index in [1.54, 1.807) is 6.08 Å². The SMILES string of the molecule is C=Cc1c(C)c2cc3[nH]c(cc4nc(cc5nc(cc1[nH]2)C(C)=C5CCC(=O)O)C(CCC(=O)OCCOCCNC(=O)C[C@]1(C)/C2=C(\C)C5=N[C@@](C)(C6[N-]/C(=C(/C)C7=N/C(=C\C(=N2)[C@H]1CCC(=O)OC)C(C)(C)[C@@H]7CCC(=O)OC)[C@](C)(CCC(=O)OC)[C@H]6CC(=O)OC)[C@@](C)(CC(=O)OC)[C@@H]5CCC(=O)OC)=C4C)c(C)c3C=C.[C-]#N.[C-]#N.[Co+3]. The van der Waals surface area contributed by atoms with Crippen LogP contribution in [0.2, 0.25) is 0 Å². The van der Waals surface area contributed by atoms with Crippen LogP contribution in [0, 0.1) is 82.8 Å². The Balaban J connectivity index is 0.00000397. The Bertz CT molecular complexity index is 5100. The number of amides is 1. The summed E-state index contributed by atoms with van der Waals surface area (Å²) in [6.07, 6.45) is 5.48. The van der Waals surface area contributed by atoms with Crippen molar-refractivity contribution >= 4 is 127 Å². The largest absolute Gasteiger partial charge is 3.00 e. The average Bonchev–Trinajstić information content (AvgIpc) is 1.53. The molecule has 0 radical (unpaired) electrons. The Kier molecular flexibility index (Phi) is 32.8.